The van der Waals surface area contributed by atoms with Crippen LogP contribution in [0.1, 0.15) is 60.5 Å². The highest BCUT2D eigenvalue weighted by atomic mass is 14.0. The van der Waals surface area contributed by atoms with E-state index in [0.29, 0.717) is 0 Å². The normalized spacial score (nSPS) is 10.8. The zero-order valence-corrected chi connectivity index (χ0v) is 13.0. The second kappa shape index (κ2) is 13.3. The molecule has 0 nitrogen and oxygen atoms in total. The van der Waals surface area contributed by atoms with Crippen LogP contribution in [0.15, 0.2) is 30.3 Å². The molecular weight excluding hydrogens is 204 g/mol. The van der Waals surface area contributed by atoms with Crippen molar-refractivity contribution >= 4 is 0 Å². The van der Waals surface area contributed by atoms with E-state index in [1.807, 2.05) is 13.8 Å². The van der Waals surface area contributed by atoms with Crippen molar-refractivity contribution in [3.63, 3.8) is 0 Å². The van der Waals surface area contributed by atoms with Crippen LogP contribution in [0, 0.1) is 11.8 Å². The average molecular weight is 236 g/mol. The third kappa shape index (κ3) is 15.2. The highest BCUT2D eigenvalue weighted by Crippen LogP contribution is 2.10. The topological polar surface area (TPSA) is 0 Å². The highest BCUT2D eigenvalue weighted by molar-refractivity contribution is 5.14. The molecule has 17 heavy (non-hydrogen) atoms. The molecule has 0 amide bonds. The maximum absolute atomic E-state index is 2.30. The molecule has 0 bridgehead atoms. The average Bonchev–Trinajstić information content (AvgIpc) is 2.32. The monoisotopic (exact) mass is 236 g/mol. The van der Waals surface area contributed by atoms with Crippen LogP contribution >= 0.6 is 0 Å². The first kappa shape index (κ1) is 18.6. The van der Waals surface area contributed by atoms with E-state index < -0.39 is 0 Å². The van der Waals surface area contributed by atoms with Crippen molar-refractivity contribution in [2.24, 2.45) is 11.8 Å². The summed E-state index contributed by atoms with van der Waals surface area (Å²) in [7, 11) is 0. The summed E-state index contributed by atoms with van der Waals surface area (Å²) in [6, 6.07) is 10.7. The number of rotatable bonds is 3. The van der Waals surface area contributed by atoms with E-state index >= 15 is 0 Å². The summed E-state index contributed by atoms with van der Waals surface area (Å²) >= 11 is 0. The minimum atomic E-state index is 0.817. The van der Waals surface area contributed by atoms with Crippen LogP contribution in [-0.4, -0.2) is 0 Å². The molecule has 0 fully saturated rings. The molecule has 0 aromatic heterocycles. The summed E-state index contributed by atoms with van der Waals surface area (Å²) in [6.45, 7) is 15.0. The Hall–Kier alpha value is -0.780. The Kier molecular flexibility index (Phi) is 14.5. The third-order valence-corrected chi connectivity index (χ3v) is 2.12. The van der Waals surface area contributed by atoms with Crippen molar-refractivity contribution in [1.82, 2.24) is 0 Å². The minimum absolute atomic E-state index is 0.817. The van der Waals surface area contributed by atoms with Gasteiger partial charge in [0.15, 0.2) is 0 Å². The second-order valence-corrected chi connectivity index (χ2v) is 4.94. The van der Waals surface area contributed by atoms with Crippen molar-refractivity contribution in [3.8, 4) is 0 Å². The van der Waals surface area contributed by atoms with Crippen LogP contribution in [0.4, 0.5) is 0 Å². The fraction of sp³-hybridized carbons (Fsp3) is 0.647. The van der Waals surface area contributed by atoms with Crippen molar-refractivity contribution in [2.45, 2.75) is 61.3 Å². The lowest BCUT2D eigenvalue weighted by molar-refractivity contribution is 0.560. The van der Waals surface area contributed by atoms with Gasteiger partial charge in [-0.2, -0.15) is 0 Å². The Morgan fingerprint density at radius 3 is 1.65 bits per heavy atom. The van der Waals surface area contributed by atoms with Crippen LogP contribution in [0.3, 0.4) is 0 Å². The molecule has 0 N–H and O–H groups in total. The predicted molar refractivity (Wildman–Crippen MR) is 81.5 cm³/mol. The van der Waals surface area contributed by atoms with Crippen LogP contribution in [0.25, 0.3) is 0 Å². The van der Waals surface area contributed by atoms with Gasteiger partial charge in [-0.3, -0.25) is 0 Å². The van der Waals surface area contributed by atoms with Crippen LogP contribution in [0.2, 0.25) is 0 Å². The Morgan fingerprint density at radius 1 is 0.882 bits per heavy atom. The molecule has 1 aromatic rings. The molecule has 0 heteroatoms. The van der Waals surface area contributed by atoms with E-state index in [1.165, 1.54) is 18.4 Å². The summed E-state index contributed by atoms with van der Waals surface area (Å²) in [5.74, 6) is 1.65. The van der Waals surface area contributed by atoms with Crippen molar-refractivity contribution in [1.29, 1.82) is 0 Å². The zero-order valence-electron chi connectivity index (χ0n) is 13.0. The van der Waals surface area contributed by atoms with E-state index in [-0.39, 0.29) is 0 Å². The van der Waals surface area contributed by atoms with Gasteiger partial charge in [-0.05, 0) is 23.8 Å². The molecule has 0 heterocycles. The van der Waals surface area contributed by atoms with E-state index in [0.717, 1.165) is 11.8 Å². The largest absolute Gasteiger partial charge is 0.0683 e. The van der Waals surface area contributed by atoms with Gasteiger partial charge in [-0.1, -0.05) is 85.2 Å². The van der Waals surface area contributed by atoms with E-state index in [9.17, 15) is 0 Å². The van der Waals surface area contributed by atoms with Crippen LogP contribution in [-0.2, 0) is 6.42 Å². The van der Waals surface area contributed by atoms with Crippen LogP contribution < -0.4 is 0 Å². The van der Waals surface area contributed by atoms with Gasteiger partial charge in [0.05, 0.1) is 0 Å². The molecule has 0 radical (unpaired) electrons. The van der Waals surface area contributed by atoms with Gasteiger partial charge in [0.25, 0.3) is 0 Å². The van der Waals surface area contributed by atoms with Crippen molar-refractivity contribution < 1.29 is 0 Å². The smallest absolute Gasteiger partial charge is 0.0253 e. The van der Waals surface area contributed by atoms with Gasteiger partial charge in [0, 0.05) is 0 Å². The Morgan fingerprint density at radius 2 is 1.29 bits per heavy atom. The van der Waals surface area contributed by atoms with Gasteiger partial charge < -0.3 is 0 Å². The van der Waals surface area contributed by atoms with E-state index in [2.05, 4.69) is 65.0 Å². The molecule has 1 rings (SSSR count). The maximum atomic E-state index is 2.30. The van der Waals surface area contributed by atoms with Gasteiger partial charge >= 0.3 is 0 Å². The Labute approximate surface area is 109 Å². The molecule has 0 aliphatic heterocycles. The van der Waals surface area contributed by atoms with Gasteiger partial charge in [0.2, 0.25) is 0 Å². The lowest BCUT2D eigenvalue weighted by Gasteiger charge is -2.06. The zero-order chi connectivity index (χ0) is 13.7. The van der Waals surface area contributed by atoms with E-state index in [4.69, 9.17) is 0 Å². The molecule has 0 aliphatic rings. The first-order chi connectivity index (χ1) is 8.06. The molecular formula is C17H32. The highest BCUT2D eigenvalue weighted by Gasteiger charge is 1.98. The summed E-state index contributed by atoms with van der Waals surface area (Å²) < 4.78 is 0. The molecule has 1 unspecified atom stereocenters. The lowest BCUT2D eigenvalue weighted by atomic mass is 9.99. The van der Waals surface area contributed by atoms with Crippen molar-refractivity contribution in [2.75, 3.05) is 0 Å². The summed E-state index contributed by atoms with van der Waals surface area (Å²) in [5, 5.41) is 0. The molecule has 0 spiro atoms. The Bertz CT molecular complexity index is 220. The number of benzene rings is 1. The van der Waals surface area contributed by atoms with Gasteiger partial charge in [0.1, 0.15) is 0 Å². The summed E-state index contributed by atoms with van der Waals surface area (Å²) in [4.78, 5) is 0. The fourth-order valence-corrected chi connectivity index (χ4v) is 1.16. The number of hydrogen-bond acceptors (Lipinski definition) is 0. The number of hydrogen-bond donors (Lipinski definition) is 0. The standard InChI is InChI=1S/C11H16.C4H10.C2H6/c1-3-10(2)9-11-7-5-4-6-8-11;1-4(2)3;1-2/h4-8,10H,3,9H2,1-2H3;4H,1-3H3;1-2H3. The SMILES string of the molecule is CC.CC(C)C.CCC(C)Cc1ccccc1. The van der Waals surface area contributed by atoms with E-state index in [1.54, 1.807) is 0 Å². The maximum Gasteiger partial charge on any atom is -0.0253 e. The van der Waals surface area contributed by atoms with Crippen molar-refractivity contribution in [3.05, 3.63) is 35.9 Å². The summed E-state index contributed by atoms with van der Waals surface area (Å²) in [6.07, 6.45) is 2.49. The molecule has 1 atom stereocenters. The first-order valence-electron chi connectivity index (χ1n) is 7.10. The molecule has 0 aliphatic carbocycles. The molecule has 0 saturated carbocycles. The second-order valence-electron chi connectivity index (χ2n) is 4.94. The molecule has 0 saturated heterocycles. The predicted octanol–water partition coefficient (Wildman–Crippen LogP) is 5.96. The summed E-state index contributed by atoms with van der Waals surface area (Å²) in [5.41, 5.74) is 1.46. The van der Waals surface area contributed by atoms with Gasteiger partial charge in [-0.25, -0.2) is 0 Å². The minimum Gasteiger partial charge on any atom is -0.0683 e. The fourth-order valence-electron chi connectivity index (χ4n) is 1.16. The molecule has 1 aromatic carbocycles. The third-order valence-electron chi connectivity index (χ3n) is 2.12. The first-order valence-corrected chi connectivity index (χ1v) is 7.10. The van der Waals surface area contributed by atoms with Gasteiger partial charge in [-0.15, -0.1) is 0 Å². The molecule has 100 valence electrons. The quantitative estimate of drug-likeness (QED) is 0.607. The Balaban J connectivity index is 0. The van der Waals surface area contributed by atoms with Crippen LogP contribution in [0.5, 0.6) is 0 Å². The lowest BCUT2D eigenvalue weighted by Crippen LogP contribution is -1.96.